The molecule has 1 heterocycles. The van der Waals surface area contributed by atoms with Gasteiger partial charge in [0.1, 0.15) is 6.54 Å². The van der Waals surface area contributed by atoms with Crippen LogP contribution in [0.1, 0.15) is 20.3 Å². The lowest BCUT2D eigenvalue weighted by molar-refractivity contribution is -0.118. The first-order valence-corrected chi connectivity index (χ1v) is 5.26. The van der Waals surface area contributed by atoms with Crippen molar-refractivity contribution >= 4 is 11.9 Å². The normalized spacial score (nSPS) is 16.3. The highest BCUT2D eigenvalue weighted by Crippen LogP contribution is 2.00. The number of urea groups is 1. The van der Waals surface area contributed by atoms with Gasteiger partial charge >= 0.3 is 6.03 Å². The molecule has 86 valence electrons. The summed E-state index contributed by atoms with van der Waals surface area (Å²) in [7, 11) is 0. The molecule has 1 aliphatic rings. The van der Waals surface area contributed by atoms with Crippen molar-refractivity contribution in [1.29, 1.82) is 0 Å². The van der Waals surface area contributed by atoms with Crippen LogP contribution in [0.4, 0.5) is 4.79 Å². The van der Waals surface area contributed by atoms with E-state index in [9.17, 15) is 9.59 Å². The largest absolute Gasteiger partial charge is 0.380 e. The van der Waals surface area contributed by atoms with Crippen LogP contribution in [0.25, 0.3) is 0 Å². The van der Waals surface area contributed by atoms with Gasteiger partial charge in [-0.25, -0.2) is 4.79 Å². The fourth-order valence-corrected chi connectivity index (χ4v) is 1.26. The molecule has 0 aromatic heterocycles. The van der Waals surface area contributed by atoms with Crippen LogP contribution in [0.3, 0.4) is 0 Å². The van der Waals surface area contributed by atoms with Crippen molar-refractivity contribution in [3.8, 4) is 0 Å². The molecule has 0 aliphatic carbocycles. The minimum absolute atomic E-state index is 0.159. The number of carbonyl (C=O) groups is 2. The van der Waals surface area contributed by atoms with E-state index in [4.69, 9.17) is 4.74 Å². The van der Waals surface area contributed by atoms with E-state index in [1.165, 1.54) is 4.90 Å². The first-order chi connectivity index (χ1) is 7.09. The maximum Gasteiger partial charge on any atom is 0.324 e. The fraction of sp³-hybridized carbons (Fsp3) is 0.800. The zero-order valence-corrected chi connectivity index (χ0v) is 9.28. The Balaban J connectivity index is 2.05. The van der Waals surface area contributed by atoms with Crippen molar-refractivity contribution in [2.75, 3.05) is 26.3 Å². The van der Waals surface area contributed by atoms with Gasteiger partial charge in [-0.3, -0.25) is 10.1 Å². The van der Waals surface area contributed by atoms with Gasteiger partial charge in [0.2, 0.25) is 5.91 Å². The monoisotopic (exact) mass is 214 g/mol. The molecule has 0 radical (unpaired) electrons. The van der Waals surface area contributed by atoms with Gasteiger partial charge in [-0.15, -0.1) is 0 Å². The number of hydrogen-bond donors (Lipinski definition) is 1. The van der Waals surface area contributed by atoms with Crippen LogP contribution >= 0.6 is 0 Å². The van der Waals surface area contributed by atoms with Crippen LogP contribution < -0.4 is 5.32 Å². The van der Waals surface area contributed by atoms with Crippen molar-refractivity contribution in [1.82, 2.24) is 10.2 Å². The molecule has 5 heteroatoms. The van der Waals surface area contributed by atoms with E-state index in [0.717, 1.165) is 6.42 Å². The molecule has 1 saturated heterocycles. The molecular weight excluding hydrogens is 196 g/mol. The third kappa shape index (κ3) is 4.29. The van der Waals surface area contributed by atoms with Gasteiger partial charge in [0.05, 0.1) is 6.61 Å². The number of hydrogen-bond acceptors (Lipinski definition) is 3. The number of rotatable bonds is 6. The third-order valence-electron chi connectivity index (χ3n) is 2.21. The molecule has 1 fully saturated rings. The molecule has 0 atom stereocenters. The second-order valence-corrected chi connectivity index (χ2v) is 4.07. The predicted molar refractivity (Wildman–Crippen MR) is 55.4 cm³/mol. The number of carbonyl (C=O) groups excluding carboxylic acids is 2. The summed E-state index contributed by atoms with van der Waals surface area (Å²) < 4.78 is 5.36. The average Bonchev–Trinajstić information content (AvgIpc) is 2.44. The Morgan fingerprint density at radius 3 is 2.67 bits per heavy atom. The molecular formula is C10H18N2O3. The maximum absolute atomic E-state index is 11.1. The second kappa shape index (κ2) is 5.70. The lowest BCUT2D eigenvalue weighted by atomic mass is 10.1. The molecule has 1 N–H and O–H groups in total. The summed E-state index contributed by atoms with van der Waals surface area (Å²) in [6.45, 7) is 6.11. The Kier molecular flexibility index (Phi) is 4.55. The van der Waals surface area contributed by atoms with Gasteiger partial charge in [-0.1, -0.05) is 13.8 Å². The molecule has 0 unspecified atom stereocenters. The van der Waals surface area contributed by atoms with E-state index in [2.05, 4.69) is 19.2 Å². The predicted octanol–water partition coefficient (Wildman–Crippen LogP) is 0.601. The van der Waals surface area contributed by atoms with Gasteiger partial charge in [-0.2, -0.15) is 0 Å². The molecule has 15 heavy (non-hydrogen) atoms. The average molecular weight is 214 g/mol. The van der Waals surface area contributed by atoms with Crippen LogP contribution in [0.15, 0.2) is 0 Å². The topological polar surface area (TPSA) is 58.6 Å². The fourth-order valence-electron chi connectivity index (χ4n) is 1.26. The standard InChI is InChI=1S/C10H18N2O3/c1-8(2)3-5-15-6-4-12-7-9(13)11-10(12)14/h8H,3-7H2,1-2H3,(H,11,13,14). The Morgan fingerprint density at radius 2 is 2.13 bits per heavy atom. The maximum atomic E-state index is 11.1. The summed E-state index contributed by atoms with van der Waals surface area (Å²) in [6, 6.07) is -0.313. The molecule has 0 bridgehead atoms. The van der Waals surface area contributed by atoms with E-state index in [0.29, 0.717) is 25.7 Å². The van der Waals surface area contributed by atoms with Crippen molar-refractivity contribution in [2.45, 2.75) is 20.3 Å². The first kappa shape index (κ1) is 12.0. The van der Waals surface area contributed by atoms with Crippen molar-refractivity contribution in [3.63, 3.8) is 0 Å². The highest BCUT2D eigenvalue weighted by atomic mass is 16.5. The zero-order valence-electron chi connectivity index (χ0n) is 9.28. The summed E-state index contributed by atoms with van der Waals surface area (Å²) in [5.74, 6) is 0.392. The van der Waals surface area contributed by atoms with E-state index < -0.39 is 0 Å². The highest BCUT2D eigenvalue weighted by molar-refractivity contribution is 6.01. The first-order valence-electron chi connectivity index (χ1n) is 5.26. The molecule has 3 amide bonds. The minimum Gasteiger partial charge on any atom is -0.380 e. The number of amides is 3. The highest BCUT2D eigenvalue weighted by Gasteiger charge is 2.25. The minimum atomic E-state index is -0.313. The second-order valence-electron chi connectivity index (χ2n) is 4.07. The lowest BCUT2D eigenvalue weighted by Crippen LogP contribution is -2.31. The molecule has 5 nitrogen and oxygen atoms in total. The van der Waals surface area contributed by atoms with Crippen LogP contribution in [0.2, 0.25) is 0 Å². The SMILES string of the molecule is CC(C)CCOCCN1CC(=O)NC1=O. The Hall–Kier alpha value is -1.10. The Morgan fingerprint density at radius 1 is 1.40 bits per heavy atom. The summed E-state index contributed by atoms with van der Waals surface area (Å²) in [4.78, 5) is 23.4. The van der Waals surface area contributed by atoms with Gasteiger partial charge in [0.15, 0.2) is 0 Å². The number of nitrogens with one attached hydrogen (secondary N) is 1. The molecule has 0 aromatic carbocycles. The smallest absolute Gasteiger partial charge is 0.324 e. The molecule has 1 rings (SSSR count). The van der Waals surface area contributed by atoms with E-state index in [1.54, 1.807) is 0 Å². The van der Waals surface area contributed by atoms with Crippen molar-refractivity contribution in [2.24, 2.45) is 5.92 Å². The van der Waals surface area contributed by atoms with Crippen molar-refractivity contribution in [3.05, 3.63) is 0 Å². The van der Waals surface area contributed by atoms with Crippen LogP contribution in [-0.2, 0) is 9.53 Å². The van der Waals surface area contributed by atoms with Crippen LogP contribution in [0.5, 0.6) is 0 Å². The van der Waals surface area contributed by atoms with Crippen LogP contribution in [-0.4, -0.2) is 43.1 Å². The summed E-state index contributed by atoms with van der Waals surface area (Å²) in [6.07, 6.45) is 1.02. The quantitative estimate of drug-likeness (QED) is 0.520. The number of imide groups is 1. The summed E-state index contributed by atoms with van der Waals surface area (Å²) >= 11 is 0. The van der Waals surface area contributed by atoms with Gasteiger partial charge in [-0.05, 0) is 12.3 Å². The summed E-state index contributed by atoms with van der Waals surface area (Å²) in [5.41, 5.74) is 0. The Bertz CT molecular complexity index is 241. The molecule has 0 saturated carbocycles. The van der Waals surface area contributed by atoms with E-state index in [-0.39, 0.29) is 18.5 Å². The third-order valence-corrected chi connectivity index (χ3v) is 2.21. The lowest BCUT2D eigenvalue weighted by Gasteiger charge is -2.13. The van der Waals surface area contributed by atoms with Gasteiger partial charge in [0, 0.05) is 13.2 Å². The van der Waals surface area contributed by atoms with Gasteiger partial charge < -0.3 is 9.64 Å². The molecule has 0 spiro atoms. The Labute approximate surface area is 89.8 Å². The molecule has 1 aliphatic heterocycles. The van der Waals surface area contributed by atoms with E-state index in [1.807, 2.05) is 0 Å². The number of nitrogens with zero attached hydrogens (tertiary/aromatic N) is 1. The molecule has 0 aromatic rings. The summed E-state index contributed by atoms with van der Waals surface area (Å²) in [5, 5.41) is 2.22. The van der Waals surface area contributed by atoms with E-state index >= 15 is 0 Å². The zero-order chi connectivity index (χ0) is 11.3. The van der Waals surface area contributed by atoms with Crippen LogP contribution in [0, 0.1) is 5.92 Å². The number of ether oxygens (including phenoxy) is 1. The van der Waals surface area contributed by atoms with Crippen molar-refractivity contribution < 1.29 is 14.3 Å². The van der Waals surface area contributed by atoms with Gasteiger partial charge in [0.25, 0.3) is 0 Å².